The Hall–Kier alpha value is -0.440. The lowest BCUT2D eigenvalue weighted by Gasteiger charge is -2.19. The zero-order chi connectivity index (χ0) is 9.84. The molecule has 3 heteroatoms. The number of rotatable bonds is 0. The van der Waals surface area contributed by atoms with Gasteiger partial charge in [-0.25, -0.2) is 8.78 Å². The molecular formula is C10H17F2N. The highest BCUT2D eigenvalue weighted by atomic mass is 19.1. The quantitative estimate of drug-likeness (QED) is 0.617. The largest absolute Gasteiger partial charge is 0.311 e. The normalized spacial score (nSPS) is 41.2. The Morgan fingerprint density at radius 1 is 1.46 bits per heavy atom. The first-order valence-corrected chi connectivity index (χ1v) is 4.81. The van der Waals surface area contributed by atoms with Crippen molar-refractivity contribution < 1.29 is 8.78 Å². The third-order valence-electron chi connectivity index (χ3n) is 2.52. The van der Waals surface area contributed by atoms with Gasteiger partial charge < -0.3 is 5.32 Å². The van der Waals surface area contributed by atoms with Crippen LogP contribution in [0.2, 0.25) is 0 Å². The van der Waals surface area contributed by atoms with E-state index in [9.17, 15) is 8.78 Å². The molecule has 1 rings (SSSR count). The monoisotopic (exact) mass is 189 g/mol. The molecule has 0 bridgehead atoms. The Balaban J connectivity index is 2.61. The van der Waals surface area contributed by atoms with Crippen LogP contribution in [-0.2, 0) is 0 Å². The van der Waals surface area contributed by atoms with Crippen molar-refractivity contribution in [1.29, 1.82) is 0 Å². The standard InChI is InChI=1S/C10H17F2N/c1-7-5-8(2)13-4-3-9(11)6-10(7)12/h3,7-8,10,13H,4-6H2,1-2H3/b9-3+/t7?,8-,10?/m1/s1. The summed E-state index contributed by atoms with van der Waals surface area (Å²) in [6.07, 6.45) is 1.09. The van der Waals surface area contributed by atoms with E-state index in [2.05, 4.69) is 5.32 Å². The van der Waals surface area contributed by atoms with Crippen molar-refractivity contribution in [3.8, 4) is 0 Å². The predicted molar refractivity (Wildman–Crippen MR) is 49.9 cm³/mol. The van der Waals surface area contributed by atoms with Crippen molar-refractivity contribution in [3.63, 3.8) is 0 Å². The van der Waals surface area contributed by atoms with E-state index < -0.39 is 6.17 Å². The highest BCUT2D eigenvalue weighted by Crippen LogP contribution is 2.22. The number of hydrogen-bond donors (Lipinski definition) is 1. The van der Waals surface area contributed by atoms with Crippen molar-refractivity contribution in [2.75, 3.05) is 6.54 Å². The number of allylic oxidation sites excluding steroid dienone is 1. The lowest BCUT2D eigenvalue weighted by molar-refractivity contribution is 0.211. The number of alkyl halides is 1. The van der Waals surface area contributed by atoms with Gasteiger partial charge in [-0.15, -0.1) is 0 Å². The second-order valence-electron chi connectivity index (χ2n) is 3.89. The van der Waals surface area contributed by atoms with Gasteiger partial charge in [0.05, 0.1) is 0 Å². The van der Waals surface area contributed by atoms with E-state index in [0.717, 1.165) is 6.42 Å². The molecule has 1 aliphatic heterocycles. The highest BCUT2D eigenvalue weighted by Gasteiger charge is 2.21. The van der Waals surface area contributed by atoms with Gasteiger partial charge in [-0.05, 0) is 25.3 Å². The van der Waals surface area contributed by atoms with E-state index in [1.807, 2.05) is 13.8 Å². The fraction of sp³-hybridized carbons (Fsp3) is 0.800. The molecule has 0 aromatic heterocycles. The van der Waals surface area contributed by atoms with Gasteiger partial charge in [0.15, 0.2) is 0 Å². The van der Waals surface area contributed by atoms with Gasteiger partial charge in [0.25, 0.3) is 0 Å². The van der Waals surface area contributed by atoms with E-state index in [-0.39, 0.29) is 24.2 Å². The summed E-state index contributed by atoms with van der Waals surface area (Å²) in [7, 11) is 0. The maximum Gasteiger partial charge on any atom is 0.109 e. The van der Waals surface area contributed by atoms with Gasteiger partial charge >= 0.3 is 0 Å². The minimum atomic E-state index is -1.04. The van der Waals surface area contributed by atoms with Crippen LogP contribution in [0.1, 0.15) is 26.7 Å². The topological polar surface area (TPSA) is 12.0 Å². The molecule has 0 radical (unpaired) electrons. The molecule has 1 heterocycles. The summed E-state index contributed by atoms with van der Waals surface area (Å²) in [6, 6.07) is 0.260. The summed E-state index contributed by atoms with van der Waals surface area (Å²) in [5.74, 6) is -0.402. The van der Waals surface area contributed by atoms with Crippen LogP contribution < -0.4 is 5.32 Å². The van der Waals surface area contributed by atoms with Crippen LogP contribution in [0.4, 0.5) is 8.78 Å². The molecule has 2 unspecified atom stereocenters. The molecule has 0 aromatic carbocycles. The zero-order valence-corrected chi connectivity index (χ0v) is 8.19. The van der Waals surface area contributed by atoms with Gasteiger partial charge in [0.2, 0.25) is 0 Å². The summed E-state index contributed by atoms with van der Waals surface area (Å²) >= 11 is 0. The molecule has 3 atom stereocenters. The summed E-state index contributed by atoms with van der Waals surface area (Å²) in [5, 5.41) is 3.12. The zero-order valence-electron chi connectivity index (χ0n) is 8.19. The molecule has 0 saturated heterocycles. The Bertz CT molecular complexity index is 191. The van der Waals surface area contributed by atoms with Crippen LogP contribution in [0.3, 0.4) is 0 Å². The van der Waals surface area contributed by atoms with Gasteiger partial charge in [0, 0.05) is 19.0 Å². The SMILES string of the molecule is CC1C[C@@H](C)NC/C=C(/F)CC1F. The van der Waals surface area contributed by atoms with Gasteiger partial charge in [0.1, 0.15) is 12.0 Å². The van der Waals surface area contributed by atoms with Crippen LogP contribution in [0, 0.1) is 5.92 Å². The smallest absolute Gasteiger partial charge is 0.109 e. The van der Waals surface area contributed by atoms with Crippen molar-refractivity contribution in [1.82, 2.24) is 5.32 Å². The van der Waals surface area contributed by atoms with Crippen molar-refractivity contribution >= 4 is 0 Å². The Morgan fingerprint density at radius 3 is 2.85 bits per heavy atom. The molecule has 0 spiro atoms. The second kappa shape index (κ2) is 4.70. The summed E-state index contributed by atoms with van der Waals surface area (Å²) < 4.78 is 26.3. The van der Waals surface area contributed by atoms with E-state index in [1.165, 1.54) is 6.08 Å². The molecule has 0 fully saturated rings. The molecule has 0 saturated carbocycles. The Kier molecular flexibility index (Phi) is 3.85. The van der Waals surface area contributed by atoms with Crippen LogP contribution in [0.15, 0.2) is 11.9 Å². The van der Waals surface area contributed by atoms with Crippen LogP contribution in [-0.4, -0.2) is 18.8 Å². The first kappa shape index (κ1) is 10.6. The van der Waals surface area contributed by atoms with Gasteiger partial charge in [-0.3, -0.25) is 0 Å². The second-order valence-corrected chi connectivity index (χ2v) is 3.89. The third-order valence-corrected chi connectivity index (χ3v) is 2.52. The lowest BCUT2D eigenvalue weighted by Crippen LogP contribution is -2.29. The molecule has 76 valence electrons. The summed E-state index contributed by atoms with van der Waals surface area (Å²) in [5.41, 5.74) is 0. The molecule has 0 amide bonds. The molecule has 0 aliphatic carbocycles. The van der Waals surface area contributed by atoms with Crippen LogP contribution in [0.25, 0.3) is 0 Å². The maximum atomic E-state index is 13.3. The summed E-state index contributed by atoms with van der Waals surface area (Å²) in [6.45, 7) is 4.34. The van der Waals surface area contributed by atoms with Crippen molar-refractivity contribution in [2.45, 2.75) is 38.9 Å². The minimum Gasteiger partial charge on any atom is -0.311 e. The number of hydrogen-bond acceptors (Lipinski definition) is 1. The van der Waals surface area contributed by atoms with Crippen molar-refractivity contribution in [3.05, 3.63) is 11.9 Å². The highest BCUT2D eigenvalue weighted by molar-refractivity contribution is 4.97. The third kappa shape index (κ3) is 3.43. The van der Waals surface area contributed by atoms with Crippen molar-refractivity contribution in [2.24, 2.45) is 5.92 Å². The Morgan fingerprint density at radius 2 is 2.15 bits per heavy atom. The van der Waals surface area contributed by atoms with Gasteiger partial charge in [-0.2, -0.15) is 0 Å². The maximum absolute atomic E-state index is 13.3. The van der Waals surface area contributed by atoms with Gasteiger partial charge in [-0.1, -0.05) is 6.92 Å². The summed E-state index contributed by atoms with van der Waals surface area (Å²) in [4.78, 5) is 0. The fourth-order valence-corrected chi connectivity index (χ4v) is 1.63. The molecule has 1 N–H and O–H groups in total. The lowest BCUT2D eigenvalue weighted by atomic mass is 9.96. The first-order chi connectivity index (χ1) is 6.09. The molecular weight excluding hydrogens is 172 g/mol. The average Bonchev–Trinajstić information content (AvgIpc) is 2.06. The first-order valence-electron chi connectivity index (χ1n) is 4.81. The number of nitrogens with one attached hydrogen (secondary N) is 1. The van der Waals surface area contributed by atoms with Crippen LogP contribution >= 0.6 is 0 Å². The van der Waals surface area contributed by atoms with E-state index >= 15 is 0 Å². The molecule has 0 aromatic rings. The van der Waals surface area contributed by atoms with E-state index in [4.69, 9.17) is 0 Å². The molecule has 1 nitrogen and oxygen atoms in total. The molecule has 13 heavy (non-hydrogen) atoms. The van der Waals surface area contributed by atoms with E-state index in [0.29, 0.717) is 6.54 Å². The number of halogens is 2. The van der Waals surface area contributed by atoms with Crippen LogP contribution in [0.5, 0.6) is 0 Å². The predicted octanol–water partition coefficient (Wildman–Crippen LogP) is 2.59. The fourth-order valence-electron chi connectivity index (χ4n) is 1.63. The Labute approximate surface area is 78.2 Å². The molecule has 1 aliphatic rings. The average molecular weight is 189 g/mol. The minimum absolute atomic E-state index is 0.0600. The van der Waals surface area contributed by atoms with E-state index in [1.54, 1.807) is 0 Å².